The summed E-state index contributed by atoms with van der Waals surface area (Å²) in [5.41, 5.74) is 0. The smallest absolute Gasteiger partial charge is 0.167 e. The number of halogens is 2. The molecule has 2 nitrogen and oxygen atoms in total. The standard InChI is InChI=1S/C13H11Cl2O2P/c14-10-1-5-12(6-2-10)18(17,9-16)13-7-3-11(15)4-8-13/h1-8,16H,9H2. The minimum Gasteiger partial charge on any atom is -0.388 e. The van der Waals surface area contributed by atoms with Crippen molar-refractivity contribution in [3.63, 3.8) is 0 Å². The Bertz CT molecular complexity index is 529. The molecule has 0 bridgehead atoms. The lowest BCUT2D eigenvalue weighted by atomic mass is 10.4. The molecule has 2 aromatic rings. The molecule has 0 aliphatic heterocycles. The van der Waals surface area contributed by atoms with Crippen molar-refractivity contribution in [2.75, 3.05) is 6.35 Å². The van der Waals surface area contributed by atoms with Gasteiger partial charge in [-0.25, -0.2) is 0 Å². The number of rotatable bonds is 3. The van der Waals surface area contributed by atoms with E-state index >= 15 is 0 Å². The second-order valence-corrected chi connectivity index (χ2v) is 7.50. The average molecular weight is 301 g/mol. The molecule has 1 N–H and O–H groups in total. The van der Waals surface area contributed by atoms with Crippen LogP contribution in [0.4, 0.5) is 0 Å². The van der Waals surface area contributed by atoms with Gasteiger partial charge in [0.1, 0.15) is 6.35 Å². The van der Waals surface area contributed by atoms with Gasteiger partial charge < -0.3 is 9.67 Å². The Morgan fingerprint density at radius 3 is 1.44 bits per heavy atom. The van der Waals surface area contributed by atoms with E-state index in [-0.39, 0.29) is 0 Å². The van der Waals surface area contributed by atoms with E-state index in [1.807, 2.05) is 0 Å². The zero-order chi connectivity index (χ0) is 13.2. The van der Waals surface area contributed by atoms with Crippen LogP contribution in [0.1, 0.15) is 0 Å². The third-order valence-electron chi connectivity index (χ3n) is 2.69. The van der Waals surface area contributed by atoms with Gasteiger partial charge in [0.15, 0.2) is 7.14 Å². The fraction of sp³-hybridized carbons (Fsp3) is 0.0769. The first-order chi connectivity index (χ1) is 8.56. The Kier molecular flexibility index (Phi) is 4.14. The van der Waals surface area contributed by atoms with E-state index in [4.69, 9.17) is 23.2 Å². The fourth-order valence-electron chi connectivity index (χ4n) is 1.68. The zero-order valence-electron chi connectivity index (χ0n) is 9.38. The lowest BCUT2D eigenvalue weighted by Crippen LogP contribution is -2.18. The molecule has 0 aliphatic rings. The van der Waals surface area contributed by atoms with E-state index in [2.05, 4.69) is 0 Å². The van der Waals surface area contributed by atoms with Crippen molar-refractivity contribution in [2.24, 2.45) is 0 Å². The van der Waals surface area contributed by atoms with Gasteiger partial charge in [0.25, 0.3) is 0 Å². The maximum Gasteiger partial charge on any atom is 0.167 e. The van der Waals surface area contributed by atoms with Crippen LogP contribution in [0.3, 0.4) is 0 Å². The topological polar surface area (TPSA) is 37.3 Å². The van der Waals surface area contributed by atoms with Crippen molar-refractivity contribution < 1.29 is 9.67 Å². The number of hydrogen-bond acceptors (Lipinski definition) is 2. The van der Waals surface area contributed by atoms with Crippen LogP contribution in [-0.4, -0.2) is 11.5 Å². The van der Waals surface area contributed by atoms with Gasteiger partial charge in [-0.05, 0) is 48.5 Å². The van der Waals surface area contributed by atoms with Crippen LogP contribution in [-0.2, 0) is 4.57 Å². The number of hydrogen-bond donors (Lipinski definition) is 1. The van der Waals surface area contributed by atoms with Crippen molar-refractivity contribution >= 4 is 41.0 Å². The van der Waals surface area contributed by atoms with Crippen molar-refractivity contribution in [1.82, 2.24) is 0 Å². The Morgan fingerprint density at radius 2 is 1.17 bits per heavy atom. The van der Waals surface area contributed by atoms with Gasteiger partial charge >= 0.3 is 0 Å². The molecule has 2 aromatic carbocycles. The monoisotopic (exact) mass is 300 g/mol. The van der Waals surface area contributed by atoms with Crippen molar-refractivity contribution in [2.45, 2.75) is 0 Å². The van der Waals surface area contributed by atoms with Crippen molar-refractivity contribution in [1.29, 1.82) is 0 Å². The van der Waals surface area contributed by atoms with Gasteiger partial charge in [-0.3, -0.25) is 0 Å². The summed E-state index contributed by atoms with van der Waals surface area (Å²) in [6, 6.07) is 13.3. The van der Waals surface area contributed by atoms with E-state index in [0.717, 1.165) is 0 Å². The number of aliphatic hydroxyl groups excluding tert-OH is 1. The van der Waals surface area contributed by atoms with E-state index in [1.54, 1.807) is 48.5 Å². The zero-order valence-corrected chi connectivity index (χ0v) is 11.8. The maximum absolute atomic E-state index is 12.9. The SMILES string of the molecule is O=P(CO)(c1ccc(Cl)cc1)c1ccc(Cl)cc1. The molecule has 0 saturated heterocycles. The first-order valence-electron chi connectivity index (χ1n) is 5.28. The van der Waals surface area contributed by atoms with Crippen molar-refractivity contribution in [3.05, 3.63) is 58.6 Å². The van der Waals surface area contributed by atoms with Crippen LogP contribution in [0.15, 0.2) is 48.5 Å². The molecule has 0 spiro atoms. The molecule has 0 radical (unpaired) electrons. The van der Waals surface area contributed by atoms with E-state index in [0.29, 0.717) is 20.7 Å². The normalized spacial score (nSPS) is 11.5. The molecular formula is C13H11Cl2O2P. The fourth-order valence-corrected chi connectivity index (χ4v) is 3.81. The van der Waals surface area contributed by atoms with Crippen LogP contribution >= 0.6 is 30.3 Å². The van der Waals surface area contributed by atoms with Crippen LogP contribution in [0.5, 0.6) is 0 Å². The van der Waals surface area contributed by atoms with E-state index in [1.165, 1.54) is 0 Å². The summed E-state index contributed by atoms with van der Waals surface area (Å²) in [6.45, 7) is 0. The highest BCUT2D eigenvalue weighted by Crippen LogP contribution is 2.42. The van der Waals surface area contributed by atoms with Crippen molar-refractivity contribution in [3.8, 4) is 0 Å². The maximum atomic E-state index is 12.9. The molecule has 0 atom stereocenters. The number of aliphatic hydroxyl groups is 1. The summed E-state index contributed by atoms with van der Waals surface area (Å²) in [7, 11) is -3.01. The van der Waals surface area contributed by atoms with Gasteiger partial charge in [-0.1, -0.05) is 23.2 Å². The Hall–Kier alpha value is -0.790. The van der Waals surface area contributed by atoms with Gasteiger partial charge in [0, 0.05) is 20.7 Å². The molecule has 0 fully saturated rings. The summed E-state index contributed by atoms with van der Waals surface area (Å²) < 4.78 is 12.9. The quantitative estimate of drug-likeness (QED) is 0.884. The van der Waals surface area contributed by atoms with Gasteiger partial charge in [-0.2, -0.15) is 0 Å². The third kappa shape index (κ3) is 2.62. The van der Waals surface area contributed by atoms with Crippen LogP contribution in [0.25, 0.3) is 0 Å². The van der Waals surface area contributed by atoms with E-state index < -0.39 is 13.5 Å². The first-order valence-corrected chi connectivity index (χ1v) is 7.93. The molecule has 0 amide bonds. The first kappa shape index (κ1) is 13.6. The largest absolute Gasteiger partial charge is 0.388 e. The van der Waals surface area contributed by atoms with Crippen LogP contribution < -0.4 is 10.6 Å². The van der Waals surface area contributed by atoms with E-state index in [9.17, 15) is 9.67 Å². The van der Waals surface area contributed by atoms with Crippen LogP contribution in [0, 0.1) is 0 Å². The third-order valence-corrected chi connectivity index (χ3v) is 5.85. The summed E-state index contributed by atoms with van der Waals surface area (Å²) in [5.74, 6) is 0. The Morgan fingerprint density at radius 1 is 0.833 bits per heavy atom. The lowest BCUT2D eigenvalue weighted by molar-refractivity contribution is 0.362. The van der Waals surface area contributed by atoms with Gasteiger partial charge in [0.05, 0.1) is 0 Å². The lowest BCUT2D eigenvalue weighted by Gasteiger charge is -2.16. The second kappa shape index (κ2) is 5.46. The molecule has 0 heterocycles. The highest BCUT2D eigenvalue weighted by Gasteiger charge is 2.26. The molecule has 2 rings (SSSR count). The predicted octanol–water partition coefficient (Wildman–Crippen LogP) is 3.26. The minimum absolute atomic E-state index is 0.420. The molecule has 0 saturated carbocycles. The average Bonchev–Trinajstić information content (AvgIpc) is 2.39. The van der Waals surface area contributed by atoms with Gasteiger partial charge in [-0.15, -0.1) is 0 Å². The Balaban J connectivity index is 2.51. The second-order valence-electron chi connectivity index (χ2n) is 3.83. The summed E-state index contributed by atoms with van der Waals surface area (Å²) in [5, 5.41) is 11.8. The molecule has 5 heteroatoms. The number of benzene rings is 2. The highest BCUT2D eigenvalue weighted by molar-refractivity contribution is 7.78. The summed E-state index contributed by atoms with van der Waals surface area (Å²) >= 11 is 11.6. The Labute approximate surface area is 116 Å². The van der Waals surface area contributed by atoms with Crippen LogP contribution in [0.2, 0.25) is 10.0 Å². The van der Waals surface area contributed by atoms with Gasteiger partial charge in [0.2, 0.25) is 0 Å². The summed E-state index contributed by atoms with van der Waals surface area (Å²) in [4.78, 5) is 0. The summed E-state index contributed by atoms with van der Waals surface area (Å²) in [6.07, 6.45) is -0.420. The molecule has 18 heavy (non-hydrogen) atoms. The molecule has 0 unspecified atom stereocenters. The molecule has 0 aliphatic carbocycles. The molecular weight excluding hydrogens is 290 g/mol. The minimum atomic E-state index is -3.01. The highest BCUT2D eigenvalue weighted by atomic mass is 35.5. The predicted molar refractivity (Wildman–Crippen MR) is 76.9 cm³/mol. The molecule has 94 valence electrons. The molecule has 0 aromatic heterocycles.